The highest BCUT2D eigenvalue weighted by atomic mass is 32.2. The van der Waals surface area contributed by atoms with E-state index in [9.17, 15) is 37.1 Å². The van der Waals surface area contributed by atoms with Gasteiger partial charge < -0.3 is 26.0 Å². The van der Waals surface area contributed by atoms with E-state index in [0.29, 0.717) is 58.2 Å². The minimum Gasteiger partial charge on any atom is -0.475 e. The van der Waals surface area contributed by atoms with E-state index >= 15 is 0 Å². The first-order chi connectivity index (χ1) is 26.1. The van der Waals surface area contributed by atoms with Gasteiger partial charge in [-0.1, -0.05) is 91.0 Å². The van der Waals surface area contributed by atoms with E-state index in [1.54, 1.807) is 4.90 Å². The van der Waals surface area contributed by atoms with E-state index in [1.165, 1.54) is 6.92 Å². The lowest BCUT2D eigenvalue weighted by molar-refractivity contribution is -0.192. The van der Waals surface area contributed by atoms with Crippen molar-refractivity contribution >= 4 is 57.2 Å². The monoisotopic (exact) mass is 786 g/mol. The second-order valence-corrected chi connectivity index (χ2v) is 14.6. The fourth-order valence-corrected chi connectivity index (χ4v) is 6.82. The Bertz CT molecular complexity index is 1780. The zero-order valence-corrected chi connectivity index (χ0v) is 31.9. The Balaban J connectivity index is 0.00000106. The van der Waals surface area contributed by atoms with Crippen LogP contribution in [0.15, 0.2) is 72.8 Å². The Kier molecular flexibility index (Phi) is 17.7. The van der Waals surface area contributed by atoms with Crippen LogP contribution in [0.1, 0.15) is 63.5 Å². The molecule has 1 aliphatic heterocycles. The van der Waals surface area contributed by atoms with Crippen LogP contribution < -0.4 is 16.0 Å². The molecule has 15 heteroatoms. The van der Waals surface area contributed by atoms with Crippen molar-refractivity contribution in [2.45, 2.75) is 77.4 Å². The molecule has 0 bridgehead atoms. The van der Waals surface area contributed by atoms with Crippen molar-refractivity contribution in [1.29, 1.82) is 0 Å². The average Bonchev–Trinajstić information content (AvgIpc) is 3.15. The number of benzene rings is 3. The van der Waals surface area contributed by atoms with Crippen LogP contribution in [-0.4, -0.2) is 88.9 Å². The number of aliphatic carboxylic acids is 1. The number of carbonyl (C=O) groups is 6. The summed E-state index contributed by atoms with van der Waals surface area (Å²) in [6.45, 7) is 5.13. The third-order valence-electron chi connectivity index (χ3n) is 9.03. The van der Waals surface area contributed by atoms with Gasteiger partial charge in [-0.05, 0) is 60.9 Å². The van der Waals surface area contributed by atoms with Crippen molar-refractivity contribution in [2.24, 2.45) is 5.41 Å². The second kappa shape index (κ2) is 21.8. The van der Waals surface area contributed by atoms with Crippen LogP contribution in [0.2, 0.25) is 0 Å². The molecule has 2 atom stereocenters. The van der Waals surface area contributed by atoms with Gasteiger partial charge in [0.1, 0.15) is 6.04 Å². The lowest BCUT2D eigenvalue weighted by Crippen LogP contribution is -2.58. The first-order valence-electron chi connectivity index (χ1n) is 18.2. The van der Waals surface area contributed by atoms with Gasteiger partial charge in [0.25, 0.3) is 0 Å². The van der Waals surface area contributed by atoms with Gasteiger partial charge in [0, 0.05) is 45.9 Å². The van der Waals surface area contributed by atoms with Gasteiger partial charge in [0.05, 0.1) is 11.2 Å². The third kappa shape index (κ3) is 15.0. The number of hydrogen-bond acceptors (Lipinski definition) is 7. The molecule has 1 aliphatic rings. The van der Waals surface area contributed by atoms with Crippen molar-refractivity contribution in [2.75, 3.05) is 31.9 Å². The van der Waals surface area contributed by atoms with Crippen LogP contribution in [0.5, 0.6) is 0 Å². The Hall–Kier alpha value is -4.92. The van der Waals surface area contributed by atoms with Gasteiger partial charge in [-0.25, -0.2) is 4.79 Å². The molecular weight excluding hydrogens is 738 g/mol. The summed E-state index contributed by atoms with van der Waals surface area (Å²) in [5.41, 5.74) is 1.24. The minimum absolute atomic E-state index is 0.0461. The molecule has 4 N–H and O–H groups in total. The van der Waals surface area contributed by atoms with Gasteiger partial charge in [-0.15, -0.1) is 0 Å². The molecule has 4 rings (SSSR count). The van der Waals surface area contributed by atoms with Crippen LogP contribution in [0, 0.1) is 5.41 Å². The second-order valence-electron chi connectivity index (χ2n) is 13.4. The maximum absolute atomic E-state index is 14.3. The zero-order valence-electron chi connectivity index (χ0n) is 31.1. The summed E-state index contributed by atoms with van der Waals surface area (Å²) in [5, 5.41) is 18.1. The highest BCUT2D eigenvalue weighted by Crippen LogP contribution is 2.35. The first-order valence-corrected chi connectivity index (χ1v) is 19.2. The van der Waals surface area contributed by atoms with Gasteiger partial charge in [0.2, 0.25) is 23.6 Å². The summed E-state index contributed by atoms with van der Waals surface area (Å²) in [6.07, 6.45) is -0.540. The molecule has 1 heterocycles. The standard InChI is InChI=1S/C38H48N4O5S.C2HF3O2/c1-3-39-37(47)38(25-29-13-6-4-7-14-29)20-12-22-42(27-38)36(46)33(24-30-18-19-31-15-9-10-16-32(31)23-30)41-34(44)17-8-5-11-21-40-35(45)26-48-28(2)43;3-2(4,5)1(6)7/h4,6-7,9-10,13-16,18-19,23,33H,3,5,8,11-12,17,20-22,24-27H2,1-2H3,(H,39,47)(H,40,45)(H,41,44);(H,6,7)/t33?,38-;/m0./s1. The van der Waals surface area contributed by atoms with E-state index < -0.39 is 23.6 Å². The van der Waals surface area contributed by atoms with E-state index in [4.69, 9.17) is 9.90 Å². The van der Waals surface area contributed by atoms with Crippen molar-refractivity contribution in [3.63, 3.8) is 0 Å². The van der Waals surface area contributed by atoms with Crippen LogP contribution >= 0.6 is 11.8 Å². The Morgan fingerprint density at radius 1 is 0.873 bits per heavy atom. The number of alkyl halides is 3. The summed E-state index contributed by atoms with van der Waals surface area (Å²) in [7, 11) is 0. The predicted molar refractivity (Wildman–Crippen MR) is 205 cm³/mol. The number of hydrogen-bond donors (Lipinski definition) is 4. The van der Waals surface area contributed by atoms with Crippen LogP contribution in [0.3, 0.4) is 0 Å². The molecule has 4 amide bonds. The van der Waals surface area contributed by atoms with Crippen molar-refractivity contribution in [3.8, 4) is 0 Å². The van der Waals surface area contributed by atoms with E-state index in [2.05, 4.69) is 22.0 Å². The number of nitrogens with one attached hydrogen (secondary N) is 3. The lowest BCUT2D eigenvalue weighted by Gasteiger charge is -2.43. The number of halogens is 3. The number of fused-ring (bicyclic) bond motifs is 1. The normalized spacial score (nSPS) is 15.9. The number of thioether (sulfide) groups is 1. The van der Waals surface area contributed by atoms with Gasteiger partial charge in [-0.2, -0.15) is 13.2 Å². The molecule has 3 aromatic rings. The van der Waals surface area contributed by atoms with E-state index in [-0.39, 0.29) is 47.5 Å². The van der Waals surface area contributed by atoms with Crippen molar-refractivity contribution < 1.29 is 47.0 Å². The summed E-state index contributed by atoms with van der Waals surface area (Å²) in [4.78, 5) is 74.7. The first kappa shape index (κ1) is 44.5. The number of rotatable bonds is 16. The molecule has 11 nitrogen and oxygen atoms in total. The van der Waals surface area contributed by atoms with E-state index in [1.807, 2.05) is 73.7 Å². The lowest BCUT2D eigenvalue weighted by atomic mass is 9.74. The summed E-state index contributed by atoms with van der Waals surface area (Å²) in [5.74, 6) is -3.25. The molecule has 0 saturated carbocycles. The Labute approximate surface area is 323 Å². The highest BCUT2D eigenvalue weighted by molar-refractivity contribution is 8.14. The quantitative estimate of drug-likeness (QED) is 0.140. The number of likely N-dealkylation sites (tertiary alicyclic amines) is 1. The number of unbranched alkanes of at least 4 members (excludes halogenated alkanes) is 2. The maximum atomic E-state index is 14.3. The minimum atomic E-state index is -5.08. The molecule has 0 spiro atoms. The Morgan fingerprint density at radius 3 is 2.20 bits per heavy atom. The van der Waals surface area contributed by atoms with E-state index in [0.717, 1.165) is 40.1 Å². The van der Waals surface area contributed by atoms with Gasteiger partial charge in [-0.3, -0.25) is 24.0 Å². The summed E-state index contributed by atoms with van der Waals surface area (Å²) < 4.78 is 31.7. The van der Waals surface area contributed by atoms with Crippen molar-refractivity contribution in [3.05, 3.63) is 83.9 Å². The average molecular weight is 787 g/mol. The molecule has 298 valence electrons. The maximum Gasteiger partial charge on any atom is 0.490 e. The SMILES string of the molecule is CCNC(=O)[C@]1(Cc2ccccc2)CCCN(C(=O)C(Cc2ccc3ccccc3c2)NC(=O)CCCCCNC(=O)CSC(C)=O)C1.O=C(O)C(F)(F)F. The fraction of sp³-hybridized carbons (Fsp3) is 0.450. The molecule has 1 unspecified atom stereocenters. The third-order valence-corrected chi connectivity index (χ3v) is 9.84. The number of amides is 4. The molecule has 0 radical (unpaired) electrons. The summed E-state index contributed by atoms with van der Waals surface area (Å²) in [6, 6.07) is 23.3. The number of piperidine rings is 1. The number of carboxylic acid groups (broad SMARTS) is 1. The van der Waals surface area contributed by atoms with Gasteiger partial charge >= 0.3 is 12.1 Å². The highest BCUT2D eigenvalue weighted by Gasteiger charge is 2.44. The molecular formula is C40H49F3N4O7S. The molecule has 0 aromatic heterocycles. The van der Waals surface area contributed by atoms with Crippen molar-refractivity contribution in [1.82, 2.24) is 20.9 Å². The summed E-state index contributed by atoms with van der Waals surface area (Å²) >= 11 is 0.979. The molecule has 3 aromatic carbocycles. The Morgan fingerprint density at radius 2 is 1.55 bits per heavy atom. The molecule has 1 fully saturated rings. The topological polar surface area (TPSA) is 162 Å². The smallest absolute Gasteiger partial charge is 0.475 e. The predicted octanol–water partition coefficient (Wildman–Crippen LogP) is 5.44. The fourth-order valence-electron chi connectivity index (χ4n) is 6.39. The molecule has 0 aliphatic carbocycles. The number of carboxylic acids is 1. The largest absolute Gasteiger partial charge is 0.490 e. The molecule has 55 heavy (non-hydrogen) atoms. The van der Waals surface area contributed by atoms with Crippen LogP contribution in [0.4, 0.5) is 13.2 Å². The van der Waals surface area contributed by atoms with Crippen LogP contribution in [0.25, 0.3) is 10.8 Å². The number of carbonyl (C=O) groups excluding carboxylic acids is 5. The van der Waals surface area contributed by atoms with Crippen LogP contribution in [-0.2, 0) is 41.6 Å². The van der Waals surface area contributed by atoms with Gasteiger partial charge in [0.15, 0.2) is 5.12 Å². The molecule has 1 saturated heterocycles. The zero-order chi connectivity index (χ0) is 40.4. The number of nitrogens with zero attached hydrogens (tertiary/aromatic N) is 1.